The molecule has 3 aromatic carbocycles. The fourth-order valence-electron chi connectivity index (χ4n) is 5.42. The van der Waals surface area contributed by atoms with Crippen LogP contribution in [0.5, 0.6) is 0 Å². The number of aldehydes is 1. The van der Waals surface area contributed by atoms with Crippen molar-refractivity contribution < 1.29 is 28.5 Å². The van der Waals surface area contributed by atoms with Gasteiger partial charge in [0.05, 0.1) is 25.9 Å². The van der Waals surface area contributed by atoms with Gasteiger partial charge in [0.15, 0.2) is 6.29 Å². The van der Waals surface area contributed by atoms with Crippen LogP contribution in [0, 0.1) is 0 Å². The normalized spacial score (nSPS) is 21.9. The molecule has 1 aliphatic heterocycles. The van der Waals surface area contributed by atoms with E-state index in [9.17, 15) is 4.79 Å². The van der Waals surface area contributed by atoms with Crippen molar-refractivity contribution >= 4 is 6.29 Å². The monoisotopic (exact) mass is 588 g/mol. The Labute approximate surface area is 257 Å². The Balaban J connectivity index is 1.42. The number of carbonyl (C=O) groups excluding carboxylic acids is 1. The van der Waals surface area contributed by atoms with E-state index >= 15 is 0 Å². The van der Waals surface area contributed by atoms with Gasteiger partial charge in [-0.1, -0.05) is 123 Å². The molecule has 4 rings (SSSR count). The van der Waals surface area contributed by atoms with Gasteiger partial charge in [0, 0.05) is 13.0 Å². The summed E-state index contributed by atoms with van der Waals surface area (Å²) in [7, 11) is 0. The Morgan fingerprint density at radius 2 is 1.00 bits per heavy atom. The van der Waals surface area contributed by atoms with Gasteiger partial charge in [0.1, 0.15) is 24.6 Å². The van der Waals surface area contributed by atoms with Gasteiger partial charge in [-0.25, -0.2) is 0 Å². The van der Waals surface area contributed by atoms with Crippen LogP contribution in [0.25, 0.3) is 0 Å². The van der Waals surface area contributed by atoms with Crippen LogP contribution in [-0.2, 0) is 48.3 Å². The minimum atomic E-state index is -0.570. The molecule has 0 radical (unpaired) electrons. The molecule has 0 saturated carbocycles. The molecule has 43 heavy (non-hydrogen) atoms. The van der Waals surface area contributed by atoms with Crippen LogP contribution >= 0.6 is 0 Å². The fraction of sp³-hybridized carbons (Fsp3) is 0.486. The second kappa shape index (κ2) is 19.4. The minimum Gasteiger partial charge on any atom is -0.368 e. The maximum atomic E-state index is 10.5. The second-order valence-electron chi connectivity index (χ2n) is 11.3. The quantitative estimate of drug-likeness (QED) is 0.0991. The Hall–Kier alpha value is -2.87. The predicted octanol–water partition coefficient (Wildman–Crippen LogP) is 7.82. The van der Waals surface area contributed by atoms with Gasteiger partial charge in [-0.3, -0.25) is 0 Å². The number of unbranched alkanes of at least 4 members (excludes halogenated alkanes) is 7. The lowest BCUT2D eigenvalue weighted by atomic mass is 9.98. The molecule has 1 aliphatic rings. The zero-order chi connectivity index (χ0) is 30.0. The maximum Gasteiger partial charge on any atom is 0.186 e. The van der Waals surface area contributed by atoms with Gasteiger partial charge in [-0.05, 0) is 36.5 Å². The molecule has 0 unspecified atom stereocenters. The molecule has 0 spiro atoms. The van der Waals surface area contributed by atoms with Crippen molar-refractivity contribution in [3.8, 4) is 0 Å². The first kappa shape index (κ1) is 33.0. The highest BCUT2D eigenvalue weighted by Gasteiger charge is 2.47. The van der Waals surface area contributed by atoms with E-state index < -0.39 is 18.5 Å². The molecule has 6 nitrogen and oxygen atoms in total. The van der Waals surface area contributed by atoms with E-state index in [1.807, 2.05) is 61.5 Å². The molecular formula is C37H48O6. The topological polar surface area (TPSA) is 63.2 Å². The van der Waals surface area contributed by atoms with E-state index in [0.717, 1.165) is 48.7 Å². The number of ether oxygens (including phenoxy) is 5. The molecule has 1 fully saturated rings. The molecule has 3 aromatic rings. The van der Waals surface area contributed by atoms with Gasteiger partial charge in [0.2, 0.25) is 0 Å². The third kappa shape index (κ3) is 11.6. The van der Waals surface area contributed by atoms with E-state index in [-0.39, 0.29) is 12.2 Å². The summed E-state index contributed by atoms with van der Waals surface area (Å²) in [4.78, 5) is 10.5. The maximum absolute atomic E-state index is 10.5. The molecule has 232 valence electrons. The molecule has 0 bridgehead atoms. The molecule has 0 N–H and O–H groups in total. The van der Waals surface area contributed by atoms with Crippen molar-refractivity contribution in [2.24, 2.45) is 0 Å². The van der Waals surface area contributed by atoms with E-state index in [2.05, 4.69) is 36.4 Å². The van der Waals surface area contributed by atoms with Crippen LogP contribution in [0.4, 0.5) is 0 Å². The van der Waals surface area contributed by atoms with Crippen molar-refractivity contribution in [2.75, 3.05) is 6.61 Å². The highest BCUT2D eigenvalue weighted by molar-refractivity contribution is 5.48. The Bertz CT molecular complexity index is 1130. The molecule has 1 saturated heterocycles. The lowest BCUT2D eigenvalue weighted by molar-refractivity contribution is -0.320. The summed E-state index contributed by atoms with van der Waals surface area (Å²) in [5.74, 6) is 0. The molecular weight excluding hydrogens is 540 g/mol. The van der Waals surface area contributed by atoms with Crippen LogP contribution in [0.3, 0.4) is 0 Å². The number of hydrogen-bond donors (Lipinski definition) is 0. The lowest BCUT2D eigenvalue weighted by Gasteiger charge is -2.45. The van der Waals surface area contributed by atoms with Crippen LogP contribution in [0.1, 0.15) is 75.0 Å². The summed E-state index contributed by atoms with van der Waals surface area (Å²) in [6, 6.07) is 30.5. The summed E-state index contributed by atoms with van der Waals surface area (Å²) in [6.45, 7) is 3.94. The molecule has 0 aliphatic carbocycles. The summed E-state index contributed by atoms with van der Waals surface area (Å²) in [5.41, 5.74) is 3.27. The number of rotatable bonds is 20. The summed E-state index contributed by atoms with van der Waals surface area (Å²) < 4.78 is 32.6. The fourth-order valence-corrected chi connectivity index (χ4v) is 5.42. The van der Waals surface area contributed by atoms with Gasteiger partial charge < -0.3 is 28.5 Å². The van der Waals surface area contributed by atoms with Crippen molar-refractivity contribution in [2.45, 2.75) is 109 Å². The van der Waals surface area contributed by atoms with Crippen LogP contribution in [-0.4, -0.2) is 43.6 Å². The van der Waals surface area contributed by atoms with E-state index in [4.69, 9.17) is 23.7 Å². The number of benzene rings is 3. The minimum absolute atomic E-state index is 0.252. The predicted molar refractivity (Wildman–Crippen MR) is 168 cm³/mol. The first-order chi connectivity index (χ1) is 21.2. The number of hydrogen-bond acceptors (Lipinski definition) is 6. The van der Waals surface area contributed by atoms with E-state index in [1.165, 1.54) is 19.3 Å². The SMILES string of the molecule is C[C@@H]1O[C@H](OCCCCCCCCCC=O)[C@@H](OCc2ccccc2)[C@H](OCc2ccccc2)[C@@H]1OCc1ccccc1. The third-order valence-corrected chi connectivity index (χ3v) is 7.83. The molecule has 0 amide bonds. The molecule has 6 heteroatoms. The van der Waals surface area contributed by atoms with Crippen molar-refractivity contribution in [3.05, 3.63) is 108 Å². The highest BCUT2D eigenvalue weighted by Crippen LogP contribution is 2.31. The Kier molecular flexibility index (Phi) is 14.9. The number of carbonyl (C=O) groups is 1. The van der Waals surface area contributed by atoms with Gasteiger partial charge >= 0.3 is 0 Å². The van der Waals surface area contributed by atoms with Gasteiger partial charge in [0.25, 0.3) is 0 Å². The summed E-state index contributed by atoms with van der Waals surface area (Å²) >= 11 is 0. The van der Waals surface area contributed by atoms with E-state index in [0.29, 0.717) is 32.8 Å². The van der Waals surface area contributed by atoms with Gasteiger partial charge in [-0.15, -0.1) is 0 Å². The first-order valence-corrected chi connectivity index (χ1v) is 15.9. The van der Waals surface area contributed by atoms with Crippen LogP contribution in [0.15, 0.2) is 91.0 Å². The Morgan fingerprint density at radius 1 is 0.558 bits per heavy atom. The van der Waals surface area contributed by atoms with Crippen molar-refractivity contribution in [1.29, 1.82) is 0 Å². The molecule has 0 aromatic heterocycles. The smallest absolute Gasteiger partial charge is 0.186 e. The standard InChI is InChI=1S/C37H48O6/c1-30-34(40-27-31-19-11-8-12-20-31)35(41-28-32-21-13-9-14-22-32)36(42-29-33-23-15-10-16-24-33)37(43-30)39-26-18-7-5-3-2-4-6-17-25-38/h8-16,19-25,30,34-37H,2-7,17-18,26-29H2,1H3/t30-,34+,35+,36-,37-/m0/s1. The van der Waals surface area contributed by atoms with Crippen LogP contribution < -0.4 is 0 Å². The average Bonchev–Trinajstić information content (AvgIpc) is 3.05. The summed E-state index contributed by atoms with van der Waals surface area (Å²) in [5, 5.41) is 0. The van der Waals surface area contributed by atoms with Crippen LogP contribution in [0.2, 0.25) is 0 Å². The van der Waals surface area contributed by atoms with Crippen molar-refractivity contribution in [1.82, 2.24) is 0 Å². The summed E-state index contributed by atoms with van der Waals surface area (Å²) in [6.07, 6.45) is 7.36. The second-order valence-corrected chi connectivity index (χ2v) is 11.3. The largest absolute Gasteiger partial charge is 0.368 e. The first-order valence-electron chi connectivity index (χ1n) is 15.9. The highest BCUT2D eigenvalue weighted by atomic mass is 16.7. The Morgan fingerprint density at radius 3 is 1.51 bits per heavy atom. The zero-order valence-electron chi connectivity index (χ0n) is 25.6. The van der Waals surface area contributed by atoms with Crippen molar-refractivity contribution in [3.63, 3.8) is 0 Å². The molecule has 1 heterocycles. The zero-order valence-corrected chi connectivity index (χ0v) is 25.6. The average molecular weight is 589 g/mol. The van der Waals surface area contributed by atoms with E-state index in [1.54, 1.807) is 0 Å². The lowest BCUT2D eigenvalue weighted by Crippen LogP contribution is -2.60. The third-order valence-electron chi connectivity index (χ3n) is 7.83. The molecule has 5 atom stereocenters. The van der Waals surface area contributed by atoms with Gasteiger partial charge in [-0.2, -0.15) is 0 Å².